The van der Waals surface area contributed by atoms with Crippen molar-refractivity contribution < 1.29 is 24.1 Å². The molecule has 1 fully saturated rings. The fourth-order valence-electron chi connectivity index (χ4n) is 1.25. The number of aliphatic hydroxyl groups is 1. The summed E-state index contributed by atoms with van der Waals surface area (Å²) in [6.07, 6.45) is -0.868. The molecule has 6 heteroatoms. The Balaban J connectivity index is 2.23. The third-order valence-electron chi connectivity index (χ3n) is 2.89. The predicted molar refractivity (Wildman–Crippen MR) is 69.2 cm³/mol. The highest BCUT2D eigenvalue weighted by Crippen LogP contribution is 2.21. The summed E-state index contributed by atoms with van der Waals surface area (Å²) < 4.78 is 15.5. The summed E-state index contributed by atoms with van der Waals surface area (Å²) >= 11 is 1.71. The lowest BCUT2D eigenvalue weighted by atomic mass is 9.91. The number of carbonyl (C=O) groups excluding carboxylic acids is 1. The maximum absolute atomic E-state index is 11.7. The number of hydrogen-bond donors (Lipinski definition) is 1. The van der Waals surface area contributed by atoms with Crippen LogP contribution in [0.4, 0.5) is 0 Å². The number of aliphatic hydroxyl groups excluding tert-OH is 1. The molecule has 0 amide bonds. The van der Waals surface area contributed by atoms with Crippen LogP contribution < -0.4 is 0 Å². The molecule has 5 nitrogen and oxygen atoms in total. The van der Waals surface area contributed by atoms with Crippen molar-refractivity contribution in [3.8, 4) is 0 Å². The number of rotatable bonds is 6. The third-order valence-corrected chi connectivity index (χ3v) is 3.85. The molecule has 0 aromatic rings. The van der Waals surface area contributed by atoms with Gasteiger partial charge in [-0.2, -0.15) is 11.8 Å². The topological polar surface area (TPSA) is 65.0 Å². The van der Waals surface area contributed by atoms with Gasteiger partial charge in [-0.3, -0.25) is 4.79 Å². The van der Waals surface area contributed by atoms with Crippen molar-refractivity contribution in [1.82, 2.24) is 0 Å². The first-order chi connectivity index (χ1) is 8.45. The Morgan fingerprint density at radius 3 is 2.89 bits per heavy atom. The normalized spacial score (nSPS) is 22.6. The molecule has 1 aliphatic rings. The van der Waals surface area contributed by atoms with Gasteiger partial charge in [-0.15, -0.1) is 0 Å². The van der Waals surface area contributed by atoms with Gasteiger partial charge in [0.1, 0.15) is 6.61 Å². The second kappa shape index (κ2) is 7.33. The fourth-order valence-corrected chi connectivity index (χ4v) is 1.99. The second-order valence-electron chi connectivity index (χ2n) is 4.80. The van der Waals surface area contributed by atoms with Crippen molar-refractivity contribution >= 4 is 17.7 Å². The van der Waals surface area contributed by atoms with E-state index in [-0.39, 0.29) is 12.6 Å². The van der Waals surface area contributed by atoms with Gasteiger partial charge in [0, 0.05) is 11.5 Å². The average Bonchev–Trinajstić information content (AvgIpc) is 2.37. The van der Waals surface area contributed by atoms with E-state index >= 15 is 0 Å². The molecule has 18 heavy (non-hydrogen) atoms. The van der Waals surface area contributed by atoms with Crippen LogP contribution in [-0.4, -0.2) is 48.4 Å². The van der Waals surface area contributed by atoms with E-state index in [4.69, 9.17) is 14.2 Å². The predicted octanol–water partition coefficient (Wildman–Crippen LogP) is 1.39. The van der Waals surface area contributed by atoms with Crippen molar-refractivity contribution in [2.75, 3.05) is 24.7 Å². The molecule has 1 heterocycles. The highest BCUT2D eigenvalue weighted by Gasteiger charge is 2.28. The van der Waals surface area contributed by atoms with Gasteiger partial charge in [0.15, 0.2) is 12.6 Å². The monoisotopic (exact) mass is 278 g/mol. The van der Waals surface area contributed by atoms with E-state index in [2.05, 4.69) is 0 Å². The van der Waals surface area contributed by atoms with Crippen LogP contribution in [0.25, 0.3) is 0 Å². The van der Waals surface area contributed by atoms with Gasteiger partial charge >= 0.3 is 5.97 Å². The molecule has 0 bridgehead atoms. The Hall–Kier alpha value is -0.300. The Kier molecular flexibility index (Phi) is 6.42. The van der Waals surface area contributed by atoms with E-state index in [0.29, 0.717) is 18.8 Å². The second-order valence-corrected chi connectivity index (χ2v) is 5.95. The molecule has 0 spiro atoms. The quantitative estimate of drug-likeness (QED) is 0.585. The van der Waals surface area contributed by atoms with E-state index in [1.54, 1.807) is 11.8 Å². The molecule has 2 atom stereocenters. The molecule has 106 valence electrons. The Labute approximate surface area is 112 Å². The van der Waals surface area contributed by atoms with E-state index in [9.17, 15) is 9.90 Å². The summed E-state index contributed by atoms with van der Waals surface area (Å²) in [5.41, 5.74) is -0.531. The van der Waals surface area contributed by atoms with Crippen LogP contribution >= 0.6 is 11.8 Å². The van der Waals surface area contributed by atoms with Crippen molar-refractivity contribution in [2.45, 2.75) is 39.8 Å². The molecule has 1 N–H and O–H groups in total. The minimum atomic E-state index is -1.13. The zero-order chi connectivity index (χ0) is 13.6. The number of ether oxygens (including phenoxy) is 3. The van der Waals surface area contributed by atoms with Crippen LogP contribution in [-0.2, 0) is 19.0 Å². The maximum atomic E-state index is 11.7. The number of carbonyl (C=O) groups is 1. The molecule has 2 unspecified atom stereocenters. The highest BCUT2D eigenvalue weighted by molar-refractivity contribution is 7.99. The third kappa shape index (κ3) is 5.14. The van der Waals surface area contributed by atoms with Crippen molar-refractivity contribution in [2.24, 2.45) is 5.41 Å². The Morgan fingerprint density at radius 2 is 2.33 bits per heavy atom. The molecule has 1 rings (SSSR count). The zero-order valence-electron chi connectivity index (χ0n) is 11.2. The van der Waals surface area contributed by atoms with Crippen LogP contribution in [0.1, 0.15) is 27.2 Å². The van der Waals surface area contributed by atoms with Crippen LogP contribution in [0, 0.1) is 5.41 Å². The lowest BCUT2D eigenvalue weighted by Crippen LogP contribution is -2.35. The SMILES string of the molecule is CCC(C)(C)C(=O)OCC(O)OC1CSCCO1. The van der Waals surface area contributed by atoms with Gasteiger partial charge in [0.25, 0.3) is 0 Å². The van der Waals surface area contributed by atoms with E-state index in [1.807, 2.05) is 20.8 Å². The molecule has 0 aliphatic carbocycles. The number of thioether (sulfide) groups is 1. The Bertz CT molecular complexity index is 263. The summed E-state index contributed by atoms with van der Waals surface area (Å²) in [5.74, 6) is 1.30. The minimum absolute atomic E-state index is 0.160. The van der Waals surface area contributed by atoms with Crippen LogP contribution in [0.2, 0.25) is 0 Å². The minimum Gasteiger partial charge on any atom is -0.460 e. The average molecular weight is 278 g/mol. The highest BCUT2D eigenvalue weighted by atomic mass is 32.2. The van der Waals surface area contributed by atoms with Gasteiger partial charge in [0.2, 0.25) is 0 Å². The number of hydrogen-bond acceptors (Lipinski definition) is 6. The van der Waals surface area contributed by atoms with Crippen LogP contribution in [0.3, 0.4) is 0 Å². The van der Waals surface area contributed by atoms with Crippen molar-refractivity contribution in [3.05, 3.63) is 0 Å². The summed E-state index contributed by atoms with van der Waals surface area (Å²) in [6, 6.07) is 0. The van der Waals surface area contributed by atoms with Gasteiger partial charge in [-0.25, -0.2) is 0 Å². The Morgan fingerprint density at radius 1 is 1.61 bits per heavy atom. The fraction of sp³-hybridized carbons (Fsp3) is 0.917. The van der Waals surface area contributed by atoms with Gasteiger partial charge < -0.3 is 19.3 Å². The molecular formula is C12H22O5S. The lowest BCUT2D eigenvalue weighted by molar-refractivity contribution is -0.234. The first-order valence-electron chi connectivity index (χ1n) is 6.16. The number of esters is 1. The van der Waals surface area contributed by atoms with E-state index < -0.39 is 18.0 Å². The lowest BCUT2D eigenvalue weighted by Gasteiger charge is -2.26. The van der Waals surface area contributed by atoms with Crippen molar-refractivity contribution in [3.63, 3.8) is 0 Å². The first-order valence-corrected chi connectivity index (χ1v) is 7.31. The maximum Gasteiger partial charge on any atom is 0.311 e. The van der Waals surface area contributed by atoms with Gasteiger partial charge in [0.05, 0.1) is 12.0 Å². The smallest absolute Gasteiger partial charge is 0.311 e. The summed E-state index contributed by atoms with van der Waals surface area (Å²) in [4.78, 5) is 11.7. The summed E-state index contributed by atoms with van der Waals surface area (Å²) in [5, 5.41) is 9.60. The molecular weight excluding hydrogens is 256 g/mol. The molecule has 0 radical (unpaired) electrons. The molecule has 0 saturated carbocycles. The van der Waals surface area contributed by atoms with Crippen LogP contribution in [0.15, 0.2) is 0 Å². The zero-order valence-corrected chi connectivity index (χ0v) is 12.0. The molecule has 0 aromatic carbocycles. The van der Waals surface area contributed by atoms with E-state index in [1.165, 1.54) is 0 Å². The van der Waals surface area contributed by atoms with E-state index in [0.717, 1.165) is 5.75 Å². The summed E-state index contributed by atoms with van der Waals surface area (Å²) in [7, 11) is 0. The molecule has 0 aromatic heterocycles. The first kappa shape index (κ1) is 15.8. The molecule has 1 aliphatic heterocycles. The van der Waals surface area contributed by atoms with Gasteiger partial charge in [-0.1, -0.05) is 6.92 Å². The van der Waals surface area contributed by atoms with Crippen molar-refractivity contribution in [1.29, 1.82) is 0 Å². The standard InChI is InChI=1S/C12H22O5S/c1-4-12(2,3)11(14)16-7-9(13)17-10-8-18-6-5-15-10/h9-10,13H,4-8H2,1-3H3. The molecule has 1 saturated heterocycles. The summed E-state index contributed by atoms with van der Waals surface area (Å²) in [6.45, 7) is 5.99. The van der Waals surface area contributed by atoms with Crippen LogP contribution in [0.5, 0.6) is 0 Å². The van der Waals surface area contributed by atoms with Gasteiger partial charge in [-0.05, 0) is 20.3 Å². The largest absolute Gasteiger partial charge is 0.460 e.